The van der Waals surface area contributed by atoms with Crippen LogP contribution in [0.15, 0.2) is 10.9 Å². The highest BCUT2D eigenvalue weighted by molar-refractivity contribution is 6.38. The second-order valence-electron chi connectivity index (χ2n) is 8.93. The third kappa shape index (κ3) is 2.68. The zero-order valence-electron chi connectivity index (χ0n) is 18.4. The molecule has 6 rings (SSSR count). The predicted octanol–water partition coefficient (Wildman–Crippen LogP) is 0.354. The third-order valence-electron chi connectivity index (χ3n) is 6.88. The Hall–Kier alpha value is -3.29. The van der Waals surface area contributed by atoms with Crippen molar-refractivity contribution in [2.24, 2.45) is 12.5 Å². The molecule has 0 aliphatic carbocycles. The van der Waals surface area contributed by atoms with Gasteiger partial charge in [-0.15, -0.1) is 0 Å². The van der Waals surface area contributed by atoms with Gasteiger partial charge in [0.25, 0.3) is 0 Å². The average Bonchev–Trinajstić information content (AvgIpc) is 3.37. The van der Waals surface area contributed by atoms with Crippen molar-refractivity contribution in [1.29, 1.82) is 0 Å². The second-order valence-corrected chi connectivity index (χ2v) is 9.31. The Morgan fingerprint density at radius 3 is 2.82 bits per heavy atom. The Kier molecular flexibility index (Phi) is 4.44. The van der Waals surface area contributed by atoms with E-state index in [1.165, 1.54) is 11.0 Å². The highest BCUT2D eigenvalue weighted by Gasteiger charge is 2.63. The van der Waals surface area contributed by atoms with Crippen molar-refractivity contribution >= 4 is 40.3 Å². The molecule has 0 radical (unpaired) electrons. The molecule has 6 heterocycles. The Morgan fingerprint density at radius 2 is 2.12 bits per heavy atom. The van der Waals surface area contributed by atoms with Gasteiger partial charge in [-0.05, 0) is 13.8 Å². The lowest BCUT2D eigenvalue weighted by atomic mass is 9.67. The molecule has 0 aromatic carbocycles. The molecule has 14 heteroatoms. The molecule has 2 unspecified atom stereocenters. The summed E-state index contributed by atoms with van der Waals surface area (Å²) >= 11 is 6.88. The van der Waals surface area contributed by atoms with Crippen LogP contribution in [0.2, 0.25) is 5.02 Å². The Balaban J connectivity index is 1.61. The topological polar surface area (TPSA) is 161 Å². The van der Waals surface area contributed by atoms with Crippen LogP contribution in [0, 0.1) is 5.41 Å². The van der Waals surface area contributed by atoms with Crippen LogP contribution in [0.3, 0.4) is 0 Å². The minimum Gasteiger partial charge on any atom is -0.372 e. The summed E-state index contributed by atoms with van der Waals surface area (Å²) in [5.74, 6) is -0.173. The molecule has 3 N–H and O–H groups in total. The van der Waals surface area contributed by atoms with Crippen molar-refractivity contribution in [3.8, 4) is 11.5 Å². The molecule has 3 aromatic heterocycles. The lowest BCUT2D eigenvalue weighted by Crippen LogP contribution is -2.76. The van der Waals surface area contributed by atoms with Gasteiger partial charge in [0.15, 0.2) is 11.5 Å². The van der Waals surface area contributed by atoms with E-state index in [9.17, 15) is 14.7 Å². The normalized spacial score (nSPS) is 30.8. The summed E-state index contributed by atoms with van der Waals surface area (Å²) in [5.41, 5.74) is 0.573. The molecule has 178 valence electrons. The molecule has 13 nitrogen and oxygen atoms in total. The molecule has 3 aliphatic rings. The highest BCUT2D eigenvalue weighted by atomic mass is 35.5. The zero-order chi connectivity index (χ0) is 23.9. The van der Waals surface area contributed by atoms with Gasteiger partial charge in [0, 0.05) is 20.0 Å². The summed E-state index contributed by atoms with van der Waals surface area (Å²) in [6, 6.07) is -1.40. The smallest absolute Gasteiger partial charge is 0.323 e. The molecule has 34 heavy (non-hydrogen) atoms. The van der Waals surface area contributed by atoms with E-state index in [1.807, 2.05) is 18.7 Å². The van der Waals surface area contributed by atoms with E-state index in [0.29, 0.717) is 35.0 Å². The number of urea groups is 1. The molecule has 2 saturated heterocycles. The van der Waals surface area contributed by atoms with Crippen LogP contribution in [-0.4, -0.2) is 73.0 Å². The molecule has 1 spiro atoms. The number of aromatic nitrogens is 5. The van der Waals surface area contributed by atoms with Crippen molar-refractivity contribution in [2.45, 2.75) is 44.7 Å². The zero-order valence-corrected chi connectivity index (χ0v) is 19.2. The minimum atomic E-state index is -1.47. The van der Waals surface area contributed by atoms with Gasteiger partial charge in [-0.2, -0.15) is 5.10 Å². The Bertz CT molecular complexity index is 1360. The molecule has 2 fully saturated rings. The number of carbonyl (C=O) groups is 2. The maximum atomic E-state index is 13.4. The van der Waals surface area contributed by atoms with Gasteiger partial charge < -0.3 is 24.6 Å². The van der Waals surface area contributed by atoms with Crippen molar-refractivity contribution in [3.63, 3.8) is 0 Å². The van der Waals surface area contributed by atoms with Gasteiger partial charge in [-0.3, -0.25) is 10.1 Å². The molecule has 3 aliphatic heterocycles. The Morgan fingerprint density at radius 1 is 1.32 bits per heavy atom. The van der Waals surface area contributed by atoms with E-state index in [2.05, 4.69) is 25.9 Å². The summed E-state index contributed by atoms with van der Waals surface area (Å²) in [5, 5.41) is 24.3. The van der Waals surface area contributed by atoms with Crippen molar-refractivity contribution in [3.05, 3.63) is 17.0 Å². The van der Waals surface area contributed by atoms with E-state index in [1.54, 1.807) is 7.05 Å². The maximum absolute atomic E-state index is 13.4. The first kappa shape index (κ1) is 21.3. The molecule has 3 amide bonds. The van der Waals surface area contributed by atoms with Crippen LogP contribution in [0.4, 0.5) is 10.5 Å². The maximum Gasteiger partial charge on any atom is 0.323 e. The van der Waals surface area contributed by atoms with Gasteiger partial charge in [0.05, 0.1) is 29.6 Å². The number of aliphatic hydroxyl groups excluding tert-OH is 1. The number of nitrogens with one attached hydrogen (secondary N) is 2. The van der Waals surface area contributed by atoms with Crippen LogP contribution in [0.5, 0.6) is 0 Å². The first-order valence-electron chi connectivity index (χ1n) is 10.8. The predicted molar refractivity (Wildman–Crippen MR) is 117 cm³/mol. The number of aryl methyl sites for hydroxylation is 1. The number of carbonyl (C=O) groups excluding carboxylic acids is 2. The number of nitrogens with zero attached hydrogens (tertiary/aromatic N) is 6. The van der Waals surface area contributed by atoms with Crippen molar-refractivity contribution in [2.75, 3.05) is 11.4 Å². The molecule has 5 atom stereocenters. The number of hydrogen-bond donors (Lipinski definition) is 3. The fourth-order valence-electron chi connectivity index (χ4n) is 5.57. The standard InChI is InChI=1S/C20H21ClN8O5/c1-7-5-29-13-9(4-20(15(29)8(2)33-7)17(30)25-19(32)26-18(20)31)24-11-12(16-22-6-23-28(16)3)27-34-14(11)10(13)21/h6-8,15,17,30H,4-5H2,1-3H3,(H2,25,26,31,32)/t7-,8+,15-,17?,20?/m1/s1. The number of anilines is 1. The number of rotatable bonds is 1. The number of ether oxygens (including phenoxy) is 1. The van der Waals surface area contributed by atoms with E-state index in [4.69, 9.17) is 25.8 Å². The molecule has 0 saturated carbocycles. The highest BCUT2D eigenvalue weighted by Crippen LogP contribution is 2.51. The Labute approximate surface area is 197 Å². The largest absolute Gasteiger partial charge is 0.372 e. The average molecular weight is 489 g/mol. The van der Waals surface area contributed by atoms with E-state index in [-0.39, 0.29) is 23.1 Å². The van der Waals surface area contributed by atoms with Gasteiger partial charge >= 0.3 is 6.03 Å². The number of imide groups is 1. The van der Waals surface area contributed by atoms with Gasteiger partial charge in [-0.25, -0.2) is 19.4 Å². The summed E-state index contributed by atoms with van der Waals surface area (Å²) in [7, 11) is 1.71. The first-order chi connectivity index (χ1) is 16.2. The molecular weight excluding hydrogens is 468 g/mol. The SMILES string of the molecule is C[C@@H]1CN2c3c(nc4c(-c5ncnn5C)noc4c3Cl)CC3(C(=O)NC(=O)NC3O)[C@H]2[C@H](C)O1. The van der Waals surface area contributed by atoms with E-state index < -0.39 is 35.7 Å². The summed E-state index contributed by atoms with van der Waals surface area (Å²) in [6.07, 6.45) is -0.743. The van der Waals surface area contributed by atoms with Crippen molar-refractivity contribution in [1.82, 2.24) is 35.5 Å². The van der Waals surface area contributed by atoms with Crippen LogP contribution < -0.4 is 15.5 Å². The van der Waals surface area contributed by atoms with Crippen LogP contribution in [0.1, 0.15) is 19.5 Å². The number of aliphatic hydroxyl groups is 1. The number of amides is 3. The monoisotopic (exact) mass is 488 g/mol. The molecule has 0 bridgehead atoms. The lowest BCUT2D eigenvalue weighted by molar-refractivity contribution is -0.155. The number of hydrogen-bond acceptors (Lipinski definition) is 10. The third-order valence-corrected chi connectivity index (χ3v) is 7.23. The van der Waals surface area contributed by atoms with E-state index >= 15 is 0 Å². The lowest BCUT2D eigenvalue weighted by Gasteiger charge is -2.57. The fourth-order valence-corrected chi connectivity index (χ4v) is 5.91. The quantitative estimate of drug-likeness (QED) is 0.436. The summed E-state index contributed by atoms with van der Waals surface area (Å²) in [6.45, 7) is 4.12. The number of fused-ring (bicyclic) bond motifs is 5. The molecular formula is C20H21ClN8O5. The molecule has 3 aromatic rings. The summed E-state index contributed by atoms with van der Waals surface area (Å²) in [4.78, 5) is 36.2. The van der Waals surface area contributed by atoms with Crippen LogP contribution in [-0.2, 0) is 23.0 Å². The number of morpholine rings is 1. The van der Waals surface area contributed by atoms with Gasteiger partial charge in [0.2, 0.25) is 11.5 Å². The second kappa shape index (κ2) is 7.10. The number of halogens is 1. The van der Waals surface area contributed by atoms with Gasteiger partial charge in [-0.1, -0.05) is 16.8 Å². The first-order valence-corrected chi connectivity index (χ1v) is 11.1. The number of pyridine rings is 1. The fraction of sp³-hybridized carbons (Fsp3) is 0.500. The van der Waals surface area contributed by atoms with E-state index in [0.717, 1.165) is 0 Å². The van der Waals surface area contributed by atoms with Gasteiger partial charge in [0.1, 0.15) is 28.5 Å². The minimum absolute atomic E-state index is 0.00203. The van der Waals surface area contributed by atoms with Crippen LogP contribution >= 0.6 is 11.6 Å². The van der Waals surface area contributed by atoms with Crippen molar-refractivity contribution < 1.29 is 24.0 Å². The summed E-state index contributed by atoms with van der Waals surface area (Å²) < 4.78 is 13.2. The van der Waals surface area contributed by atoms with Crippen LogP contribution in [0.25, 0.3) is 22.6 Å².